The van der Waals surface area contributed by atoms with Gasteiger partial charge in [0.05, 0.1) is 40.8 Å². The number of phosphoric acid groups is 1. The molecule has 0 saturated carbocycles. The van der Waals surface area contributed by atoms with Crippen LogP contribution in [0, 0.1) is 44.4 Å². The number of aliphatic hydroxyl groups is 1. The molecule has 14 nitrogen and oxygen atoms in total. The summed E-state index contributed by atoms with van der Waals surface area (Å²) in [6.07, 6.45) is 14.2. The smallest absolute Gasteiger partial charge is 0.311 e. The lowest BCUT2D eigenvalue weighted by atomic mass is 9.83. The molecule has 1 aromatic carbocycles. The summed E-state index contributed by atoms with van der Waals surface area (Å²) < 4.78 is 40.9. The van der Waals surface area contributed by atoms with Gasteiger partial charge in [0.2, 0.25) is 11.8 Å². The van der Waals surface area contributed by atoms with Gasteiger partial charge in [-0.05, 0) is 101 Å². The van der Waals surface area contributed by atoms with Crippen molar-refractivity contribution in [3.63, 3.8) is 0 Å². The molecule has 0 saturated heterocycles. The van der Waals surface area contributed by atoms with Gasteiger partial charge >= 0.3 is 5.97 Å². The molecule has 2 rings (SSSR count). The maximum absolute atomic E-state index is 13.2. The van der Waals surface area contributed by atoms with Crippen LogP contribution in [-0.2, 0) is 39.2 Å². The van der Waals surface area contributed by atoms with E-state index in [-0.39, 0.29) is 44.1 Å². The van der Waals surface area contributed by atoms with Gasteiger partial charge < -0.3 is 48.4 Å². The van der Waals surface area contributed by atoms with Crippen molar-refractivity contribution in [3.05, 3.63) is 22.3 Å². The average molecular weight is 926 g/mol. The predicted octanol–water partition coefficient (Wildman–Crippen LogP) is 8.05. The topological polar surface area (TPSA) is 182 Å². The van der Waals surface area contributed by atoms with Crippen LogP contribution in [0.2, 0.25) is 0 Å². The molecular weight excluding hydrogens is 838 g/mol. The number of hydrogen-bond donors (Lipinski definition) is 3. The number of nitrogens with one attached hydrogen (secondary N) is 2. The number of esters is 1. The molecule has 0 radical (unpaired) electrons. The zero-order valence-corrected chi connectivity index (χ0v) is 42.8. The van der Waals surface area contributed by atoms with E-state index in [1.54, 1.807) is 7.11 Å². The minimum atomic E-state index is -4.80. The Morgan fingerprint density at radius 1 is 0.859 bits per heavy atom. The highest BCUT2D eigenvalue weighted by Gasteiger charge is 2.35. The highest BCUT2D eigenvalue weighted by Crippen LogP contribution is 2.45. The first-order valence-electron chi connectivity index (χ1n) is 24.1. The quantitative estimate of drug-likeness (QED) is 0.0204. The highest BCUT2D eigenvalue weighted by atomic mass is 31.2. The van der Waals surface area contributed by atoms with Crippen LogP contribution in [0.1, 0.15) is 153 Å². The largest absolute Gasteiger partial charge is 0.756 e. The molecule has 1 aliphatic rings. The number of methoxy groups -OCH3 is 1. The van der Waals surface area contributed by atoms with Gasteiger partial charge in [-0.3, -0.25) is 18.9 Å². The van der Waals surface area contributed by atoms with Crippen LogP contribution in [0.25, 0.3) is 0 Å². The Bertz CT molecular complexity index is 1630. The number of amides is 2. The van der Waals surface area contributed by atoms with Gasteiger partial charge in [0.1, 0.15) is 36.3 Å². The SMILES string of the molecule is COCC(CO)CCCCNC(=O)[C@H](COP(=O)([O-])OCC[N+](C)(C)C)NC(=O)CCC(=O)Oc1c(C)c(C)c2c(c1C)CCC(C)(CCCC(C)CCCC(C)CCCC(C)C)O2. The molecule has 0 aromatic heterocycles. The Hall–Kier alpha value is -2.58. The molecule has 0 aliphatic carbocycles. The van der Waals surface area contributed by atoms with E-state index < -0.39 is 38.3 Å². The van der Waals surface area contributed by atoms with Crippen molar-refractivity contribution >= 4 is 25.6 Å². The summed E-state index contributed by atoms with van der Waals surface area (Å²) in [6.45, 7) is 17.7. The Kier molecular flexibility index (Phi) is 25.7. The number of benzene rings is 1. The van der Waals surface area contributed by atoms with Crippen molar-refractivity contribution in [1.82, 2.24) is 10.6 Å². The van der Waals surface area contributed by atoms with Gasteiger partial charge in [-0.15, -0.1) is 0 Å². The zero-order valence-electron chi connectivity index (χ0n) is 41.9. The van der Waals surface area contributed by atoms with Gasteiger partial charge in [-0.25, -0.2) is 0 Å². The first kappa shape index (κ1) is 57.5. The van der Waals surface area contributed by atoms with E-state index in [0.717, 1.165) is 65.5 Å². The van der Waals surface area contributed by atoms with Crippen molar-refractivity contribution in [2.45, 2.75) is 170 Å². The molecule has 370 valence electrons. The Morgan fingerprint density at radius 3 is 2.11 bits per heavy atom. The summed E-state index contributed by atoms with van der Waals surface area (Å²) in [5.74, 6) is 1.69. The van der Waals surface area contributed by atoms with Crippen molar-refractivity contribution in [2.24, 2.45) is 23.7 Å². The van der Waals surface area contributed by atoms with Gasteiger partial charge in [-0.2, -0.15) is 0 Å². The number of quaternary nitrogens is 1. The van der Waals surface area contributed by atoms with E-state index in [4.69, 9.17) is 23.3 Å². The molecule has 5 unspecified atom stereocenters. The number of ether oxygens (including phenoxy) is 3. The van der Waals surface area contributed by atoms with E-state index in [2.05, 4.69) is 45.3 Å². The van der Waals surface area contributed by atoms with Crippen LogP contribution in [0.3, 0.4) is 0 Å². The second-order valence-electron chi connectivity index (χ2n) is 20.4. The Balaban J connectivity index is 1.98. The molecule has 64 heavy (non-hydrogen) atoms. The van der Waals surface area contributed by atoms with Crippen molar-refractivity contribution in [1.29, 1.82) is 0 Å². The van der Waals surface area contributed by atoms with Crippen LogP contribution >= 0.6 is 7.82 Å². The summed E-state index contributed by atoms with van der Waals surface area (Å²) in [5.41, 5.74) is 3.33. The molecule has 15 heteroatoms. The second-order valence-corrected chi connectivity index (χ2v) is 21.8. The van der Waals surface area contributed by atoms with E-state index in [1.165, 1.54) is 44.9 Å². The fourth-order valence-electron chi connectivity index (χ4n) is 8.23. The van der Waals surface area contributed by atoms with Crippen LogP contribution in [0.15, 0.2) is 0 Å². The predicted molar refractivity (Wildman–Crippen MR) is 251 cm³/mol. The molecule has 6 atom stereocenters. The third kappa shape index (κ3) is 22.3. The van der Waals surface area contributed by atoms with Crippen LogP contribution in [-0.4, -0.2) is 107 Å². The van der Waals surface area contributed by atoms with Crippen molar-refractivity contribution in [2.75, 3.05) is 67.8 Å². The molecule has 1 heterocycles. The molecule has 1 aromatic rings. The monoisotopic (exact) mass is 926 g/mol. The lowest BCUT2D eigenvalue weighted by molar-refractivity contribution is -0.870. The second kappa shape index (κ2) is 28.6. The van der Waals surface area contributed by atoms with Gasteiger partial charge in [0.15, 0.2) is 0 Å². The number of unbranched alkanes of at least 4 members (excludes halogenated alkanes) is 1. The van der Waals surface area contributed by atoms with Gasteiger partial charge in [0, 0.05) is 38.2 Å². The third-order valence-electron chi connectivity index (χ3n) is 12.7. The number of carbonyl (C=O) groups is 3. The minimum absolute atomic E-state index is 0.00954. The average Bonchev–Trinajstić information content (AvgIpc) is 3.20. The number of fused-ring (bicyclic) bond motifs is 1. The van der Waals surface area contributed by atoms with Crippen LogP contribution < -0.4 is 25.0 Å². The summed E-state index contributed by atoms with van der Waals surface area (Å²) in [5, 5.41) is 14.8. The molecule has 3 N–H and O–H groups in total. The first-order chi connectivity index (χ1) is 30.0. The number of nitrogens with zero attached hydrogens (tertiary/aromatic N) is 1. The number of carbonyl (C=O) groups excluding carboxylic acids is 3. The van der Waals surface area contributed by atoms with Crippen LogP contribution in [0.5, 0.6) is 11.5 Å². The third-order valence-corrected chi connectivity index (χ3v) is 13.6. The van der Waals surface area contributed by atoms with Gasteiger partial charge in [0.25, 0.3) is 7.82 Å². The summed E-state index contributed by atoms with van der Waals surface area (Å²) in [4.78, 5) is 52.1. The maximum atomic E-state index is 13.2. The number of likely N-dealkylation sites (N-methyl/N-ethyl adjacent to an activating group) is 1. The molecule has 0 bridgehead atoms. The highest BCUT2D eigenvalue weighted by molar-refractivity contribution is 7.45. The molecule has 2 amide bonds. The molecule has 0 fully saturated rings. The fraction of sp³-hybridized carbons (Fsp3) is 0.816. The molecule has 0 spiro atoms. The van der Waals surface area contributed by atoms with Crippen LogP contribution in [0.4, 0.5) is 0 Å². The first-order valence-corrected chi connectivity index (χ1v) is 25.6. The fourth-order valence-corrected chi connectivity index (χ4v) is 8.94. The Morgan fingerprint density at radius 2 is 1.50 bits per heavy atom. The van der Waals surface area contributed by atoms with E-state index >= 15 is 0 Å². The normalized spacial score (nSPS) is 18.0. The van der Waals surface area contributed by atoms with E-state index in [1.807, 2.05) is 41.9 Å². The maximum Gasteiger partial charge on any atom is 0.311 e. The van der Waals surface area contributed by atoms with Crippen molar-refractivity contribution in [3.8, 4) is 11.5 Å². The molecular formula is C49H88N3O11P. The number of hydrogen-bond acceptors (Lipinski definition) is 11. The Labute approximate surface area is 386 Å². The number of rotatable bonds is 33. The summed E-state index contributed by atoms with van der Waals surface area (Å²) in [6, 6.07) is -1.38. The minimum Gasteiger partial charge on any atom is -0.756 e. The van der Waals surface area contributed by atoms with Gasteiger partial charge in [-0.1, -0.05) is 79.1 Å². The molecule has 1 aliphatic heterocycles. The summed E-state index contributed by atoms with van der Waals surface area (Å²) >= 11 is 0. The van der Waals surface area contributed by atoms with Crippen molar-refractivity contribution < 1.29 is 56.7 Å². The number of aliphatic hydroxyl groups excluding tert-OH is 1. The number of phosphoric ester groups is 1. The summed E-state index contributed by atoms with van der Waals surface area (Å²) in [7, 11) is 2.41. The standard InChI is InChI=1S/C49H88N3O11P/c1-35(2)18-15-19-36(3)20-16-21-37(4)22-17-27-49(8)28-26-42-40(7)46(38(5)39(6)47(42)63-49)62-45(55)25-24-44(54)51-43(34-61-64(57,58)60-31-30-52(9,10)11)48(56)50-29-14-13-23-41(32-53)33-59-12/h35-37,41,43,53H,13-34H2,1-12H3,(H2-,50,51,54,56,57,58)/t36?,37?,41?,43-,49?/m0/s1. The zero-order chi connectivity index (χ0) is 48.1. The van der Waals surface area contributed by atoms with E-state index in [0.29, 0.717) is 48.6 Å². The lowest BCUT2D eigenvalue weighted by Gasteiger charge is -2.38. The van der Waals surface area contributed by atoms with E-state index in [9.17, 15) is 28.9 Å². The lowest BCUT2D eigenvalue weighted by Crippen LogP contribution is -2.49.